The van der Waals surface area contributed by atoms with Crippen LogP contribution >= 0.6 is 0 Å². The van der Waals surface area contributed by atoms with Crippen LogP contribution in [0.15, 0.2) is 30.6 Å². The van der Waals surface area contributed by atoms with Crippen molar-refractivity contribution in [2.45, 2.75) is 39.8 Å². The van der Waals surface area contributed by atoms with Crippen molar-refractivity contribution in [3.63, 3.8) is 0 Å². The lowest BCUT2D eigenvalue weighted by Gasteiger charge is -2.21. The van der Waals surface area contributed by atoms with Crippen LogP contribution in [0.25, 0.3) is 0 Å². The first-order valence-electron chi connectivity index (χ1n) is 6.90. The summed E-state index contributed by atoms with van der Waals surface area (Å²) in [6.07, 6.45) is 4.85. The number of imidazole rings is 1. The Bertz CT molecular complexity index is 522. The van der Waals surface area contributed by atoms with E-state index >= 15 is 0 Å². The second kappa shape index (κ2) is 6.02. The molecule has 1 N–H and O–H groups in total. The zero-order valence-corrected chi connectivity index (χ0v) is 12.3. The fraction of sp³-hybridized carbons (Fsp3) is 0.438. The third-order valence-electron chi connectivity index (χ3n) is 3.77. The summed E-state index contributed by atoms with van der Waals surface area (Å²) in [5.74, 6) is 1.14. The SMILES string of the molecule is CCn1ccnc1CC(NC)c1c(C)cccc1C. The lowest BCUT2D eigenvalue weighted by atomic mass is 9.94. The van der Waals surface area contributed by atoms with Crippen molar-refractivity contribution in [2.75, 3.05) is 7.05 Å². The van der Waals surface area contributed by atoms with Crippen LogP contribution in [0.5, 0.6) is 0 Å². The molecule has 0 bridgehead atoms. The fourth-order valence-electron chi connectivity index (χ4n) is 2.73. The molecular formula is C16H23N3. The van der Waals surface area contributed by atoms with E-state index in [1.165, 1.54) is 16.7 Å². The molecule has 1 aromatic carbocycles. The minimum absolute atomic E-state index is 0.314. The van der Waals surface area contributed by atoms with Crippen molar-refractivity contribution in [1.82, 2.24) is 14.9 Å². The van der Waals surface area contributed by atoms with E-state index < -0.39 is 0 Å². The van der Waals surface area contributed by atoms with Gasteiger partial charge in [-0.25, -0.2) is 4.98 Å². The van der Waals surface area contributed by atoms with Gasteiger partial charge in [-0.2, -0.15) is 0 Å². The molecule has 0 radical (unpaired) electrons. The first kappa shape index (κ1) is 13.8. The Kier molecular flexibility index (Phi) is 4.38. The maximum atomic E-state index is 4.48. The summed E-state index contributed by atoms with van der Waals surface area (Å²) in [5.41, 5.74) is 4.08. The van der Waals surface area contributed by atoms with E-state index in [0.717, 1.165) is 18.8 Å². The molecule has 0 saturated heterocycles. The minimum atomic E-state index is 0.314. The molecule has 1 aromatic heterocycles. The van der Waals surface area contributed by atoms with E-state index in [0.29, 0.717) is 6.04 Å². The van der Waals surface area contributed by atoms with Crippen molar-refractivity contribution >= 4 is 0 Å². The van der Waals surface area contributed by atoms with E-state index in [1.807, 2.05) is 19.4 Å². The van der Waals surface area contributed by atoms with Crippen LogP contribution in [0, 0.1) is 13.8 Å². The Labute approximate surface area is 115 Å². The van der Waals surface area contributed by atoms with Crippen LogP contribution < -0.4 is 5.32 Å². The maximum Gasteiger partial charge on any atom is 0.110 e. The molecule has 0 amide bonds. The van der Waals surface area contributed by atoms with E-state index in [-0.39, 0.29) is 0 Å². The summed E-state index contributed by atoms with van der Waals surface area (Å²) in [7, 11) is 2.02. The Balaban J connectivity index is 2.30. The van der Waals surface area contributed by atoms with Gasteiger partial charge in [-0.1, -0.05) is 18.2 Å². The zero-order chi connectivity index (χ0) is 13.8. The molecule has 2 aromatic rings. The second-order valence-electron chi connectivity index (χ2n) is 4.98. The third-order valence-corrected chi connectivity index (χ3v) is 3.77. The molecule has 1 heterocycles. The van der Waals surface area contributed by atoms with Crippen LogP contribution in [0.1, 0.15) is 35.5 Å². The van der Waals surface area contributed by atoms with Gasteiger partial charge >= 0.3 is 0 Å². The van der Waals surface area contributed by atoms with Gasteiger partial charge in [0.05, 0.1) is 0 Å². The number of nitrogens with one attached hydrogen (secondary N) is 1. The number of likely N-dealkylation sites (N-methyl/N-ethyl adjacent to an activating group) is 1. The molecule has 2 rings (SSSR count). The zero-order valence-electron chi connectivity index (χ0n) is 12.3. The molecule has 19 heavy (non-hydrogen) atoms. The van der Waals surface area contributed by atoms with Gasteiger partial charge < -0.3 is 9.88 Å². The maximum absolute atomic E-state index is 4.48. The number of hydrogen-bond acceptors (Lipinski definition) is 2. The summed E-state index contributed by atoms with van der Waals surface area (Å²) in [4.78, 5) is 4.48. The smallest absolute Gasteiger partial charge is 0.110 e. The summed E-state index contributed by atoms with van der Waals surface area (Å²) in [5, 5.41) is 3.44. The molecule has 0 aliphatic heterocycles. The molecule has 0 aliphatic carbocycles. The lowest BCUT2D eigenvalue weighted by molar-refractivity contribution is 0.548. The first-order valence-corrected chi connectivity index (χ1v) is 6.90. The highest BCUT2D eigenvalue weighted by Gasteiger charge is 2.16. The van der Waals surface area contributed by atoms with Crippen molar-refractivity contribution in [3.8, 4) is 0 Å². The van der Waals surface area contributed by atoms with Crippen molar-refractivity contribution in [2.24, 2.45) is 0 Å². The minimum Gasteiger partial charge on any atom is -0.335 e. The highest BCUT2D eigenvalue weighted by atomic mass is 15.1. The summed E-state index contributed by atoms with van der Waals surface area (Å²) >= 11 is 0. The van der Waals surface area contributed by atoms with Gasteiger partial charge in [0.2, 0.25) is 0 Å². The van der Waals surface area contributed by atoms with Crippen LogP contribution in [0.3, 0.4) is 0 Å². The quantitative estimate of drug-likeness (QED) is 0.892. The van der Waals surface area contributed by atoms with Crippen LogP contribution in [0.2, 0.25) is 0 Å². The number of aromatic nitrogens is 2. The molecule has 1 atom stereocenters. The van der Waals surface area contributed by atoms with Crippen molar-refractivity contribution in [3.05, 3.63) is 53.1 Å². The number of benzene rings is 1. The number of nitrogens with zero attached hydrogens (tertiary/aromatic N) is 2. The van der Waals surface area contributed by atoms with E-state index in [9.17, 15) is 0 Å². The Morgan fingerprint density at radius 3 is 2.53 bits per heavy atom. The number of aryl methyl sites for hydroxylation is 3. The van der Waals surface area contributed by atoms with E-state index in [2.05, 4.69) is 53.8 Å². The molecular weight excluding hydrogens is 234 g/mol. The average Bonchev–Trinajstić information content (AvgIpc) is 2.84. The summed E-state index contributed by atoms with van der Waals surface area (Å²) < 4.78 is 2.21. The third kappa shape index (κ3) is 2.87. The molecule has 1 unspecified atom stereocenters. The fourth-order valence-corrected chi connectivity index (χ4v) is 2.73. The van der Waals surface area contributed by atoms with E-state index in [4.69, 9.17) is 0 Å². The predicted molar refractivity (Wildman–Crippen MR) is 79.3 cm³/mol. The largest absolute Gasteiger partial charge is 0.335 e. The summed E-state index contributed by atoms with van der Waals surface area (Å²) in [6, 6.07) is 6.79. The molecule has 102 valence electrons. The second-order valence-corrected chi connectivity index (χ2v) is 4.98. The van der Waals surface area contributed by atoms with Crippen LogP contribution in [-0.4, -0.2) is 16.6 Å². The van der Waals surface area contributed by atoms with Crippen molar-refractivity contribution < 1.29 is 0 Å². The Morgan fingerprint density at radius 1 is 1.26 bits per heavy atom. The van der Waals surface area contributed by atoms with Crippen LogP contribution in [-0.2, 0) is 13.0 Å². The Hall–Kier alpha value is -1.61. The van der Waals surface area contributed by atoms with Gasteiger partial charge in [-0.05, 0) is 44.5 Å². The van der Waals surface area contributed by atoms with E-state index in [1.54, 1.807) is 0 Å². The highest BCUT2D eigenvalue weighted by molar-refractivity contribution is 5.36. The Morgan fingerprint density at radius 2 is 1.95 bits per heavy atom. The molecule has 0 spiro atoms. The molecule has 0 aliphatic rings. The predicted octanol–water partition coefficient (Wildman–Crippen LogP) is 3.02. The topological polar surface area (TPSA) is 29.9 Å². The highest BCUT2D eigenvalue weighted by Crippen LogP contribution is 2.24. The van der Waals surface area contributed by atoms with Gasteiger partial charge in [-0.15, -0.1) is 0 Å². The van der Waals surface area contributed by atoms with Gasteiger partial charge in [-0.3, -0.25) is 0 Å². The standard InChI is InChI=1S/C16H23N3/c1-5-19-10-9-18-15(19)11-14(17-4)16-12(2)7-6-8-13(16)3/h6-10,14,17H,5,11H2,1-4H3. The number of hydrogen-bond donors (Lipinski definition) is 1. The molecule has 0 fully saturated rings. The van der Waals surface area contributed by atoms with Gasteiger partial charge in [0.1, 0.15) is 5.82 Å². The molecule has 3 heteroatoms. The normalized spacial score (nSPS) is 12.6. The number of rotatable bonds is 5. The lowest BCUT2D eigenvalue weighted by Crippen LogP contribution is -2.22. The van der Waals surface area contributed by atoms with Crippen molar-refractivity contribution in [1.29, 1.82) is 0 Å². The summed E-state index contributed by atoms with van der Waals surface area (Å²) in [6.45, 7) is 7.48. The average molecular weight is 257 g/mol. The van der Waals surface area contributed by atoms with Crippen LogP contribution in [0.4, 0.5) is 0 Å². The molecule has 0 saturated carbocycles. The van der Waals surface area contributed by atoms with Gasteiger partial charge in [0.25, 0.3) is 0 Å². The monoisotopic (exact) mass is 257 g/mol. The van der Waals surface area contributed by atoms with Gasteiger partial charge in [0, 0.05) is 31.4 Å². The van der Waals surface area contributed by atoms with Gasteiger partial charge in [0.15, 0.2) is 0 Å². The first-order chi connectivity index (χ1) is 9.17. The molecule has 3 nitrogen and oxygen atoms in total.